The van der Waals surface area contributed by atoms with E-state index in [0.717, 1.165) is 18.2 Å². The molecule has 0 radical (unpaired) electrons. The summed E-state index contributed by atoms with van der Waals surface area (Å²) in [5, 5.41) is 2.22. The maximum absolute atomic E-state index is 13.5. The van der Waals surface area contributed by atoms with E-state index in [4.69, 9.17) is 0 Å². The minimum atomic E-state index is -4.03. The van der Waals surface area contributed by atoms with Crippen molar-refractivity contribution in [2.75, 3.05) is 5.32 Å². The molecule has 0 aliphatic rings. The van der Waals surface area contributed by atoms with Crippen molar-refractivity contribution in [3.05, 3.63) is 59.9 Å². The number of amides is 2. The molecule has 0 saturated heterocycles. The quantitative estimate of drug-likeness (QED) is 0.892. The normalized spacial score (nSPS) is 10.9. The third kappa shape index (κ3) is 4.13. The molecule has 8 heteroatoms. The highest BCUT2D eigenvalue weighted by Gasteiger charge is 2.19. The number of anilines is 1. The number of hydrogen-bond acceptors (Lipinski definition) is 4. The third-order valence-corrected chi connectivity index (χ3v) is 4.17. The van der Waals surface area contributed by atoms with Gasteiger partial charge in [0.2, 0.25) is 5.91 Å². The molecule has 0 atom stereocenters. The average molecular weight is 336 g/mol. The van der Waals surface area contributed by atoms with Crippen molar-refractivity contribution in [2.45, 2.75) is 11.8 Å². The van der Waals surface area contributed by atoms with Crippen molar-refractivity contribution in [1.29, 1.82) is 0 Å². The van der Waals surface area contributed by atoms with E-state index in [0.29, 0.717) is 0 Å². The van der Waals surface area contributed by atoms with Gasteiger partial charge in [0.25, 0.3) is 15.9 Å². The smallest absolute Gasteiger partial charge is 0.265 e. The number of rotatable bonds is 4. The van der Waals surface area contributed by atoms with E-state index in [2.05, 4.69) is 5.32 Å². The molecule has 2 amide bonds. The molecule has 2 rings (SSSR count). The lowest BCUT2D eigenvalue weighted by atomic mass is 10.2. The van der Waals surface area contributed by atoms with Gasteiger partial charge in [-0.2, -0.15) is 0 Å². The number of carbonyl (C=O) groups is 2. The molecular formula is C15H13FN2O4S. The monoisotopic (exact) mass is 336 g/mol. The van der Waals surface area contributed by atoms with Crippen LogP contribution >= 0.6 is 0 Å². The summed E-state index contributed by atoms with van der Waals surface area (Å²) in [4.78, 5) is 23.0. The van der Waals surface area contributed by atoms with Gasteiger partial charge in [-0.25, -0.2) is 17.5 Å². The van der Waals surface area contributed by atoms with Gasteiger partial charge in [0.1, 0.15) is 5.82 Å². The molecule has 2 N–H and O–H groups in total. The van der Waals surface area contributed by atoms with E-state index in [1.165, 1.54) is 31.2 Å². The van der Waals surface area contributed by atoms with Gasteiger partial charge in [0.15, 0.2) is 0 Å². The summed E-state index contributed by atoms with van der Waals surface area (Å²) in [5.74, 6) is -2.18. The molecule has 120 valence electrons. The highest BCUT2D eigenvalue weighted by molar-refractivity contribution is 7.90. The Morgan fingerprint density at radius 2 is 1.70 bits per heavy atom. The number of halogens is 1. The Hall–Kier alpha value is -2.74. The fourth-order valence-electron chi connectivity index (χ4n) is 1.79. The molecule has 2 aromatic carbocycles. The van der Waals surface area contributed by atoms with Crippen LogP contribution in [0.2, 0.25) is 0 Å². The molecule has 0 fully saturated rings. The zero-order valence-corrected chi connectivity index (χ0v) is 12.9. The van der Waals surface area contributed by atoms with E-state index >= 15 is 0 Å². The van der Waals surface area contributed by atoms with Crippen LogP contribution in [0.3, 0.4) is 0 Å². The fraction of sp³-hybridized carbons (Fsp3) is 0.0667. The number of carbonyl (C=O) groups excluding carboxylic acids is 2. The number of benzene rings is 2. The second kappa shape index (κ2) is 6.57. The molecular weight excluding hydrogens is 323 g/mol. The highest BCUT2D eigenvalue weighted by atomic mass is 32.2. The first-order valence-electron chi connectivity index (χ1n) is 6.49. The molecule has 0 saturated carbocycles. The van der Waals surface area contributed by atoms with Crippen molar-refractivity contribution in [3.8, 4) is 0 Å². The minimum absolute atomic E-state index is 0.0717. The molecule has 0 aliphatic carbocycles. The predicted octanol–water partition coefficient (Wildman–Crippen LogP) is 1.90. The van der Waals surface area contributed by atoms with E-state index in [1.54, 1.807) is 6.07 Å². The van der Waals surface area contributed by atoms with Crippen LogP contribution in [-0.2, 0) is 14.8 Å². The van der Waals surface area contributed by atoms with Gasteiger partial charge in [-0.15, -0.1) is 0 Å². The molecule has 6 nitrogen and oxygen atoms in total. The molecule has 0 heterocycles. The summed E-state index contributed by atoms with van der Waals surface area (Å²) in [6, 6.07) is 10.5. The van der Waals surface area contributed by atoms with Crippen molar-refractivity contribution in [3.63, 3.8) is 0 Å². The van der Waals surface area contributed by atoms with Crippen LogP contribution < -0.4 is 10.0 Å². The largest absolute Gasteiger partial charge is 0.324 e. The fourth-order valence-corrected chi connectivity index (χ4v) is 2.79. The lowest BCUT2D eigenvalue weighted by molar-refractivity contribution is -0.114. The van der Waals surface area contributed by atoms with Crippen LogP contribution in [0.4, 0.5) is 10.1 Å². The Morgan fingerprint density at radius 3 is 2.30 bits per heavy atom. The summed E-state index contributed by atoms with van der Waals surface area (Å²) in [7, 11) is -4.03. The average Bonchev–Trinajstić information content (AvgIpc) is 2.49. The van der Waals surface area contributed by atoms with E-state index in [1.807, 2.05) is 4.72 Å². The van der Waals surface area contributed by atoms with E-state index in [-0.39, 0.29) is 16.1 Å². The Kier molecular flexibility index (Phi) is 4.75. The van der Waals surface area contributed by atoms with Crippen molar-refractivity contribution >= 4 is 27.5 Å². The molecule has 0 aliphatic heterocycles. The van der Waals surface area contributed by atoms with E-state index < -0.39 is 27.7 Å². The highest BCUT2D eigenvalue weighted by Crippen LogP contribution is 2.17. The van der Waals surface area contributed by atoms with E-state index in [9.17, 15) is 22.4 Å². The van der Waals surface area contributed by atoms with Gasteiger partial charge < -0.3 is 5.32 Å². The number of sulfonamides is 1. The van der Waals surface area contributed by atoms with Gasteiger partial charge in [0, 0.05) is 12.5 Å². The summed E-state index contributed by atoms with van der Waals surface area (Å²) >= 11 is 0. The second-order valence-corrected chi connectivity index (χ2v) is 6.31. The molecule has 0 unspecified atom stereocenters. The van der Waals surface area contributed by atoms with Crippen LogP contribution in [-0.4, -0.2) is 20.2 Å². The van der Waals surface area contributed by atoms with Crippen LogP contribution in [0, 0.1) is 5.82 Å². The Morgan fingerprint density at radius 1 is 1.04 bits per heavy atom. The first kappa shape index (κ1) is 16.6. The van der Waals surface area contributed by atoms with Crippen molar-refractivity contribution < 1.29 is 22.4 Å². The molecule has 2 aromatic rings. The van der Waals surface area contributed by atoms with Gasteiger partial charge >= 0.3 is 0 Å². The Labute approximate surface area is 132 Å². The predicted molar refractivity (Wildman–Crippen MR) is 81.8 cm³/mol. The van der Waals surface area contributed by atoms with Crippen molar-refractivity contribution in [1.82, 2.24) is 4.72 Å². The summed E-state index contributed by atoms with van der Waals surface area (Å²) in [6.07, 6.45) is 0. The van der Waals surface area contributed by atoms with Gasteiger partial charge in [-0.1, -0.05) is 18.2 Å². The Bertz CT molecular complexity index is 851. The lowest BCUT2D eigenvalue weighted by Crippen LogP contribution is -2.30. The molecule has 23 heavy (non-hydrogen) atoms. The second-order valence-electron chi connectivity index (χ2n) is 4.62. The molecule has 0 bridgehead atoms. The molecule has 0 spiro atoms. The van der Waals surface area contributed by atoms with Gasteiger partial charge in [-0.05, 0) is 30.3 Å². The maximum Gasteiger partial charge on any atom is 0.265 e. The van der Waals surface area contributed by atoms with Gasteiger partial charge in [-0.3, -0.25) is 9.59 Å². The maximum atomic E-state index is 13.5. The summed E-state index contributed by atoms with van der Waals surface area (Å²) < 4.78 is 39.6. The third-order valence-electron chi connectivity index (χ3n) is 2.82. The summed E-state index contributed by atoms with van der Waals surface area (Å²) in [5.41, 5.74) is -0.308. The number of nitrogens with one attached hydrogen (secondary N) is 2. The standard InChI is InChI=1S/C15H13FN2O4S/c1-10(19)17-14-9-11(7-8-13(14)16)15(20)18-23(21,22)12-5-3-2-4-6-12/h2-9H,1H3,(H,17,19)(H,18,20). The lowest BCUT2D eigenvalue weighted by Gasteiger charge is -2.09. The van der Waals surface area contributed by atoms with Crippen LogP contribution in [0.5, 0.6) is 0 Å². The topological polar surface area (TPSA) is 92.3 Å². The molecule has 0 aromatic heterocycles. The van der Waals surface area contributed by atoms with Crippen LogP contribution in [0.25, 0.3) is 0 Å². The number of hydrogen-bond donors (Lipinski definition) is 2. The van der Waals surface area contributed by atoms with Crippen LogP contribution in [0.15, 0.2) is 53.4 Å². The SMILES string of the molecule is CC(=O)Nc1cc(C(=O)NS(=O)(=O)c2ccccc2)ccc1F. The Balaban J connectivity index is 2.26. The zero-order valence-electron chi connectivity index (χ0n) is 12.0. The summed E-state index contributed by atoms with van der Waals surface area (Å²) in [6.45, 7) is 1.19. The first-order chi connectivity index (χ1) is 10.8. The zero-order chi connectivity index (χ0) is 17.0. The van der Waals surface area contributed by atoms with Crippen molar-refractivity contribution in [2.24, 2.45) is 0 Å². The van der Waals surface area contributed by atoms with Crippen LogP contribution in [0.1, 0.15) is 17.3 Å². The first-order valence-corrected chi connectivity index (χ1v) is 7.97. The van der Waals surface area contributed by atoms with Gasteiger partial charge in [0.05, 0.1) is 10.6 Å². The minimum Gasteiger partial charge on any atom is -0.324 e.